The Labute approximate surface area is 88.3 Å². The number of aliphatic hydroxyl groups excluding tert-OH is 1. The average Bonchev–Trinajstić information content (AvgIpc) is 2.11. The van der Waals surface area contributed by atoms with Crippen LogP contribution in [0, 0.1) is 11.8 Å². The molecule has 0 aliphatic carbocycles. The fourth-order valence-electron chi connectivity index (χ4n) is 2.09. The molecule has 84 valence electrons. The summed E-state index contributed by atoms with van der Waals surface area (Å²) in [6, 6.07) is 0.652. The van der Waals surface area contributed by atoms with Crippen molar-refractivity contribution in [1.29, 1.82) is 0 Å². The lowest BCUT2D eigenvalue weighted by Gasteiger charge is -2.38. The molecule has 2 nitrogen and oxygen atoms in total. The summed E-state index contributed by atoms with van der Waals surface area (Å²) in [6.07, 6.45) is 2.46. The van der Waals surface area contributed by atoms with Gasteiger partial charge in [-0.15, -0.1) is 0 Å². The lowest BCUT2D eigenvalue weighted by molar-refractivity contribution is 0.0355. The van der Waals surface area contributed by atoms with E-state index in [0.29, 0.717) is 12.0 Å². The number of nitrogens with zero attached hydrogens (tertiary/aromatic N) is 1. The third-order valence-electron chi connectivity index (χ3n) is 3.44. The van der Waals surface area contributed by atoms with Crippen molar-refractivity contribution >= 4 is 0 Å². The fraction of sp³-hybridized carbons (Fsp3) is 1.00. The molecule has 3 atom stereocenters. The van der Waals surface area contributed by atoms with Gasteiger partial charge in [-0.1, -0.05) is 20.8 Å². The summed E-state index contributed by atoms with van der Waals surface area (Å²) in [4.78, 5) is 2.44. The number of likely N-dealkylation sites (tertiary alicyclic amines) is 1. The van der Waals surface area contributed by atoms with Gasteiger partial charge in [0.1, 0.15) is 0 Å². The van der Waals surface area contributed by atoms with Crippen LogP contribution in [0.15, 0.2) is 0 Å². The van der Waals surface area contributed by atoms with Gasteiger partial charge in [0.25, 0.3) is 0 Å². The van der Waals surface area contributed by atoms with Crippen molar-refractivity contribution in [3.8, 4) is 0 Å². The Bertz CT molecular complexity index is 170. The number of rotatable bonds is 3. The van der Waals surface area contributed by atoms with Crippen LogP contribution in [-0.4, -0.2) is 35.2 Å². The van der Waals surface area contributed by atoms with Crippen molar-refractivity contribution in [2.24, 2.45) is 11.8 Å². The molecular formula is C12H25NO. The van der Waals surface area contributed by atoms with Gasteiger partial charge in [-0.2, -0.15) is 0 Å². The van der Waals surface area contributed by atoms with Gasteiger partial charge >= 0.3 is 0 Å². The van der Waals surface area contributed by atoms with E-state index >= 15 is 0 Å². The van der Waals surface area contributed by atoms with E-state index in [0.717, 1.165) is 19.0 Å². The van der Waals surface area contributed by atoms with Crippen molar-refractivity contribution in [1.82, 2.24) is 4.90 Å². The average molecular weight is 199 g/mol. The topological polar surface area (TPSA) is 23.5 Å². The molecule has 0 aromatic carbocycles. The molecule has 0 aromatic heterocycles. The maximum absolute atomic E-state index is 9.84. The second kappa shape index (κ2) is 5.13. The predicted octanol–water partition coefficient (Wildman–Crippen LogP) is 2.12. The summed E-state index contributed by atoms with van der Waals surface area (Å²) in [5.74, 6) is 1.17. The van der Waals surface area contributed by atoms with E-state index in [9.17, 15) is 5.11 Å². The minimum absolute atomic E-state index is 0.164. The predicted molar refractivity (Wildman–Crippen MR) is 60.3 cm³/mol. The lowest BCUT2D eigenvalue weighted by atomic mass is 9.94. The van der Waals surface area contributed by atoms with Crippen molar-refractivity contribution in [2.45, 2.75) is 52.7 Å². The Kier molecular flexibility index (Phi) is 4.39. The molecule has 1 aliphatic heterocycles. The largest absolute Gasteiger partial charge is 0.392 e. The molecule has 1 saturated heterocycles. The van der Waals surface area contributed by atoms with Gasteiger partial charge in [-0.25, -0.2) is 0 Å². The van der Waals surface area contributed by atoms with Crippen LogP contribution in [0.4, 0.5) is 0 Å². The Morgan fingerprint density at radius 1 is 1.29 bits per heavy atom. The Morgan fingerprint density at radius 3 is 2.50 bits per heavy atom. The van der Waals surface area contributed by atoms with Gasteiger partial charge < -0.3 is 5.11 Å². The van der Waals surface area contributed by atoms with Gasteiger partial charge in [0.05, 0.1) is 6.10 Å². The zero-order chi connectivity index (χ0) is 10.7. The summed E-state index contributed by atoms with van der Waals surface area (Å²) in [5.41, 5.74) is 0. The molecule has 1 fully saturated rings. The third-order valence-corrected chi connectivity index (χ3v) is 3.44. The monoisotopic (exact) mass is 199 g/mol. The highest BCUT2D eigenvalue weighted by molar-refractivity contribution is 4.79. The van der Waals surface area contributed by atoms with E-state index in [4.69, 9.17) is 0 Å². The van der Waals surface area contributed by atoms with Gasteiger partial charge in [-0.05, 0) is 31.6 Å². The normalized spacial score (nSPS) is 32.1. The fourth-order valence-corrected chi connectivity index (χ4v) is 2.09. The maximum atomic E-state index is 9.84. The van der Waals surface area contributed by atoms with Crippen LogP contribution in [0.2, 0.25) is 0 Å². The van der Waals surface area contributed by atoms with Gasteiger partial charge in [0.15, 0.2) is 0 Å². The molecule has 0 saturated carbocycles. The lowest BCUT2D eigenvalue weighted by Crippen LogP contribution is -2.45. The third kappa shape index (κ3) is 3.25. The van der Waals surface area contributed by atoms with Gasteiger partial charge in [-0.3, -0.25) is 4.90 Å². The molecule has 0 radical (unpaired) electrons. The molecule has 0 bridgehead atoms. The Hall–Kier alpha value is -0.0800. The Balaban J connectivity index is 2.41. The molecule has 1 heterocycles. The minimum Gasteiger partial charge on any atom is -0.392 e. The SMILES string of the molecule is CC1CCC(C)N(CC(O)C(C)C)C1. The summed E-state index contributed by atoms with van der Waals surface area (Å²) in [7, 11) is 0. The first-order valence-corrected chi connectivity index (χ1v) is 5.92. The van der Waals surface area contributed by atoms with E-state index in [1.165, 1.54) is 12.8 Å². The molecule has 0 spiro atoms. The van der Waals surface area contributed by atoms with E-state index in [1.54, 1.807) is 0 Å². The Morgan fingerprint density at radius 2 is 1.93 bits per heavy atom. The van der Waals surface area contributed by atoms with Crippen LogP contribution in [0.25, 0.3) is 0 Å². The highest BCUT2D eigenvalue weighted by Crippen LogP contribution is 2.22. The van der Waals surface area contributed by atoms with E-state index in [-0.39, 0.29) is 6.10 Å². The minimum atomic E-state index is -0.164. The number of hydrogen-bond acceptors (Lipinski definition) is 2. The zero-order valence-corrected chi connectivity index (χ0v) is 10.0. The van der Waals surface area contributed by atoms with Crippen LogP contribution in [0.1, 0.15) is 40.5 Å². The number of piperidine rings is 1. The maximum Gasteiger partial charge on any atom is 0.0690 e. The van der Waals surface area contributed by atoms with Crippen LogP contribution in [0.5, 0.6) is 0 Å². The smallest absolute Gasteiger partial charge is 0.0690 e. The summed E-state index contributed by atoms with van der Waals surface area (Å²) in [5, 5.41) is 9.84. The van der Waals surface area contributed by atoms with Crippen molar-refractivity contribution < 1.29 is 5.11 Å². The summed E-state index contributed by atoms with van der Waals surface area (Å²) < 4.78 is 0. The molecule has 0 amide bonds. The van der Waals surface area contributed by atoms with Crippen molar-refractivity contribution in [3.63, 3.8) is 0 Å². The van der Waals surface area contributed by atoms with Crippen LogP contribution < -0.4 is 0 Å². The molecule has 1 N–H and O–H groups in total. The zero-order valence-electron chi connectivity index (χ0n) is 10.0. The van der Waals surface area contributed by atoms with Crippen molar-refractivity contribution in [2.75, 3.05) is 13.1 Å². The standard InChI is InChI=1S/C12H25NO/c1-9(2)12(14)8-13-7-10(3)5-6-11(13)4/h9-12,14H,5-8H2,1-4H3. The quantitative estimate of drug-likeness (QED) is 0.752. The number of β-amino-alcohol motifs (C(OH)–C–C–N with tert-alkyl or cyclic N) is 1. The highest BCUT2D eigenvalue weighted by Gasteiger charge is 2.25. The second-order valence-electron chi connectivity index (χ2n) is 5.30. The van der Waals surface area contributed by atoms with E-state index < -0.39 is 0 Å². The molecule has 3 unspecified atom stereocenters. The molecule has 1 aliphatic rings. The van der Waals surface area contributed by atoms with Gasteiger partial charge in [0, 0.05) is 19.1 Å². The molecule has 0 aromatic rings. The highest BCUT2D eigenvalue weighted by atomic mass is 16.3. The van der Waals surface area contributed by atoms with Crippen LogP contribution in [-0.2, 0) is 0 Å². The first kappa shape index (κ1) is 12.0. The van der Waals surface area contributed by atoms with Crippen LogP contribution >= 0.6 is 0 Å². The van der Waals surface area contributed by atoms with E-state index in [1.807, 2.05) is 0 Å². The second-order valence-corrected chi connectivity index (χ2v) is 5.30. The van der Waals surface area contributed by atoms with Crippen LogP contribution in [0.3, 0.4) is 0 Å². The molecule has 1 rings (SSSR count). The molecule has 2 heteroatoms. The first-order chi connectivity index (χ1) is 6.50. The number of aliphatic hydroxyl groups is 1. The van der Waals surface area contributed by atoms with Gasteiger partial charge in [0.2, 0.25) is 0 Å². The number of hydrogen-bond donors (Lipinski definition) is 1. The first-order valence-electron chi connectivity index (χ1n) is 5.92. The molecular weight excluding hydrogens is 174 g/mol. The van der Waals surface area contributed by atoms with Crippen molar-refractivity contribution in [3.05, 3.63) is 0 Å². The molecule has 14 heavy (non-hydrogen) atoms. The summed E-state index contributed by atoms with van der Waals surface area (Å²) >= 11 is 0. The summed E-state index contributed by atoms with van der Waals surface area (Å²) in [6.45, 7) is 10.8. The van der Waals surface area contributed by atoms with E-state index in [2.05, 4.69) is 32.6 Å².